The first-order chi connectivity index (χ1) is 8.65. The molecule has 1 aromatic rings. The zero-order valence-corrected chi connectivity index (χ0v) is 13.4. The maximum absolute atomic E-state index is 12.0. The van der Waals surface area contributed by atoms with Crippen LogP contribution in [0.1, 0.15) is 24.1 Å². The van der Waals surface area contributed by atoms with Gasteiger partial charge in [0, 0.05) is 18.3 Å². The van der Waals surface area contributed by atoms with E-state index in [2.05, 4.69) is 5.32 Å². The van der Waals surface area contributed by atoms with Gasteiger partial charge in [-0.25, -0.2) is 0 Å². The fourth-order valence-corrected chi connectivity index (χ4v) is 3.38. The van der Waals surface area contributed by atoms with Gasteiger partial charge in [0.2, 0.25) is 5.91 Å². The molecule has 1 unspecified atom stereocenters. The van der Waals surface area contributed by atoms with Gasteiger partial charge in [0.25, 0.3) is 0 Å². The Bertz CT molecular complexity index is 405. The van der Waals surface area contributed by atoms with Crippen LogP contribution in [0, 0.1) is 5.92 Å². The first-order valence-corrected chi connectivity index (χ1v) is 7.53. The van der Waals surface area contributed by atoms with Gasteiger partial charge in [-0.3, -0.25) is 4.79 Å². The van der Waals surface area contributed by atoms with Crippen molar-refractivity contribution in [3.8, 4) is 0 Å². The van der Waals surface area contributed by atoms with E-state index in [9.17, 15) is 4.79 Å². The molecular weight excluding hydrogens is 303 g/mol. The van der Waals surface area contributed by atoms with Gasteiger partial charge in [-0.05, 0) is 44.0 Å². The molecule has 0 saturated carbocycles. The maximum Gasteiger partial charge on any atom is 0.222 e. The normalized spacial score (nSPS) is 18.1. The monoisotopic (exact) mass is 322 g/mol. The van der Waals surface area contributed by atoms with Crippen molar-refractivity contribution in [3.05, 3.63) is 21.3 Å². The van der Waals surface area contributed by atoms with Crippen molar-refractivity contribution in [2.75, 3.05) is 20.1 Å². The van der Waals surface area contributed by atoms with E-state index in [-0.39, 0.29) is 18.3 Å². The molecular formula is C13H20Cl2N2OS. The van der Waals surface area contributed by atoms with E-state index in [0.29, 0.717) is 18.9 Å². The average molecular weight is 323 g/mol. The summed E-state index contributed by atoms with van der Waals surface area (Å²) in [4.78, 5) is 14.9. The summed E-state index contributed by atoms with van der Waals surface area (Å²) >= 11 is 7.42. The van der Waals surface area contributed by atoms with Crippen molar-refractivity contribution in [1.29, 1.82) is 0 Å². The summed E-state index contributed by atoms with van der Waals surface area (Å²) in [5, 5.41) is 3.33. The van der Waals surface area contributed by atoms with Crippen molar-refractivity contribution < 1.29 is 4.79 Å². The lowest BCUT2D eigenvalue weighted by molar-refractivity contribution is -0.130. The zero-order valence-electron chi connectivity index (χ0n) is 11.0. The molecule has 0 spiro atoms. The Hall–Kier alpha value is -0.290. The van der Waals surface area contributed by atoms with E-state index in [1.165, 1.54) is 17.8 Å². The number of halogens is 2. The molecule has 3 nitrogen and oxygen atoms in total. The lowest BCUT2D eigenvalue weighted by Crippen LogP contribution is -2.26. The molecule has 0 radical (unpaired) electrons. The van der Waals surface area contributed by atoms with Crippen LogP contribution in [0.2, 0.25) is 4.34 Å². The number of hydrogen-bond acceptors (Lipinski definition) is 3. The third kappa shape index (κ3) is 5.30. The highest BCUT2D eigenvalue weighted by atomic mass is 35.5. The lowest BCUT2D eigenvalue weighted by Gasteiger charge is -2.17. The number of carbonyl (C=O) groups is 1. The molecule has 1 aliphatic rings. The SMILES string of the molecule is CN(Cc1ccc(Cl)s1)C(=O)CCC1CCNC1.Cl. The molecule has 1 saturated heterocycles. The maximum atomic E-state index is 12.0. The highest BCUT2D eigenvalue weighted by molar-refractivity contribution is 7.16. The molecule has 1 aliphatic heterocycles. The van der Waals surface area contributed by atoms with Crippen molar-refractivity contribution in [2.45, 2.75) is 25.8 Å². The van der Waals surface area contributed by atoms with Gasteiger partial charge in [-0.2, -0.15) is 0 Å². The smallest absolute Gasteiger partial charge is 0.222 e. The van der Waals surface area contributed by atoms with Crippen LogP contribution in [0.5, 0.6) is 0 Å². The van der Waals surface area contributed by atoms with E-state index in [4.69, 9.17) is 11.6 Å². The minimum atomic E-state index is 0. The zero-order chi connectivity index (χ0) is 13.0. The molecule has 0 aromatic carbocycles. The van der Waals surface area contributed by atoms with Crippen LogP contribution in [-0.4, -0.2) is 30.9 Å². The van der Waals surface area contributed by atoms with Crippen LogP contribution in [-0.2, 0) is 11.3 Å². The van der Waals surface area contributed by atoms with Crippen LogP contribution < -0.4 is 5.32 Å². The fourth-order valence-electron chi connectivity index (χ4n) is 2.24. The highest BCUT2D eigenvalue weighted by Gasteiger charge is 2.17. The van der Waals surface area contributed by atoms with Crippen molar-refractivity contribution in [2.24, 2.45) is 5.92 Å². The summed E-state index contributed by atoms with van der Waals surface area (Å²) in [6.45, 7) is 2.83. The summed E-state index contributed by atoms with van der Waals surface area (Å²) in [5.74, 6) is 0.907. The van der Waals surface area contributed by atoms with Crippen molar-refractivity contribution in [1.82, 2.24) is 10.2 Å². The predicted molar refractivity (Wildman–Crippen MR) is 83.3 cm³/mol. The van der Waals surface area contributed by atoms with Gasteiger partial charge in [-0.15, -0.1) is 23.7 Å². The molecule has 0 aliphatic carbocycles. The molecule has 2 heterocycles. The Balaban J connectivity index is 0.00000180. The summed E-state index contributed by atoms with van der Waals surface area (Å²) < 4.78 is 0.780. The second-order valence-corrected chi connectivity index (χ2v) is 6.65. The number of amides is 1. The average Bonchev–Trinajstić information content (AvgIpc) is 2.97. The highest BCUT2D eigenvalue weighted by Crippen LogP contribution is 2.23. The van der Waals surface area contributed by atoms with Crippen molar-refractivity contribution in [3.63, 3.8) is 0 Å². The minimum absolute atomic E-state index is 0. The van der Waals surface area contributed by atoms with Crippen LogP contribution >= 0.6 is 35.3 Å². The molecule has 1 atom stereocenters. The molecule has 2 rings (SSSR count). The first-order valence-electron chi connectivity index (χ1n) is 6.34. The number of nitrogens with zero attached hydrogens (tertiary/aromatic N) is 1. The third-order valence-electron chi connectivity index (χ3n) is 3.38. The Morgan fingerprint density at radius 2 is 2.37 bits per heavy atom. The molecule has 1 aromatic heterocycles. The molecule has 1 N–H and O–H groups in total. The molecule has 1 amide bonds. The molecule has 19 heavy (non-hydrogen) atoms. The van der Waals surface area contributed by atoms with Crippen molar-refractivity contribution >= 4 is 41.3 Å². The lowest BCUT2D eigenvalue weighted by atomic mass is 10.0. The van der Waals surface area contributed by atoms with Crippen LogP contribution in [0.15, 0.2) is 12.1 Å². The van der Waals surface area contributed by atoms with Gasteiger partial charge in [0.05, 0.1) is 10.9 Å². The topological polar surface area (TPSA) is 32.3 Å². The number of carbonyl (C=O) groups excluding carboxylic acids is 1. The summed E-state index contributed by atoms with van der Waals surface area (Å²) in [5.41, 5.74) is 0. The molecule has 108 valence electrons. The Morgan fingerprint density at radius 1 is 1.58 bits per heavy atom. The van der Waals surface area contributed by atoms with E-state index < -0.39 is 0 Å². The summed E-state index contributed by atoms with van der Waals surface area (Å²) in [6, 6.07) is 3.86. The largest absolute Gasteiger partial charge is 0.341 e. The summed E-state index contributed by atoms with van der Waals surface area (Å²) in [7, 11) is 1.86. The Kier molecular flexibility index (Phi) is 7.15. The number of nitrogens with one attached hydrogen (secondary N) is 1. The van der Waals surface area contributed by atoms with Gasteiger partial charge < -0.3 is 10.2 Å². The fraction of sp³-hybridized carbons (Fsp3) is 0.615. The van der Waals surface area contributed by atoms with Gasteiger partial charge in [-0.1, -0.05) is 11.6 Å². The predicted octanol–water partition coefficient (Wildman–Crippen LogP) is 3.17. The number of rotatable bonds is 5. The third-order valence-corrected chi connectivity index (χ3v) is 4.59. The van der Waals surface area contributed by atoms with E-state index in [0.717, 1.165) is 28.7 Å². The molecule has 1 fully saturated rings. The van der Waals surface area contributed by atoms with Gasteiger partial charge in [0.15, 0.2) is 0 Å². The van der Waals surface area contributed by atoms with E-state index >= 15 is 0 Å². The first kappa shape index (κ1) is 16.8. The quantitative estimate of drug-likeness (QED) is 0.903. The van der Waals surface area contributed by atoms with Crippen LogP contribution in [0.4, 0.5) is 0 Å². The summed E-state index contributed by atoms with van der Waals surface area (Å²) in [6.07, 6.45) is 2.86. The van der Waals surface area contributed by atoms with E-state index in [1.54, 1.807) is 4.90 Å². The Labute approximate surface area is 129 Å². The second kappa shape index (κ2) is 8.10. The molecule has 6 heteroatoms. The number of hydrogen-bond donors (Lipinski definition) is 1. The molecule has 0 bridgehead atoms. The van der Waals surface area contributed by atoms with E-state index in [1.807, 2.05) is 19.2 Å². The van der Waals surface area contributed by atoms with Crippen LogP contribution in [0.3, 0.4) is 0 Å². The standard InChI is InChI=1S/C13H19ClN2OS.ClH/c1-16(9-11-3-4-12(14)18-11)13(17)5-2-10-6-7-15-8-10;/h3-4,10,15H,2,5-9H2,1H3;1H. The second-order valence-electron chi connectivity index (χ2n) is 4.85. The Morgan fingerprint density at radius 3 is 2.95 bits per heavy atom. The van der Waals surface area contributed by atoms with Crippen LogP contribution in [0.25, 0.3) is 0 Å². The van der Waals surface area contributed by atoms with Gasteiger partial charge in [0.1, 0.15) is 0 Å². The number of thiophene rings is 1. The minimum Gasteiger partial charge on any atom is -0.341 e. The van der Waals surface area contributed by atoms with Gasteiger partial charge >= 0.3 is 0 Å².